The van der Waals surface area contributed by atoms with Gasteiger partial charge in [-0.2, -0.15) is 0 Å². The van der Waals surface area contributed by atoms with Crippen molar-refractivity contribution in [1.82, 2.24) is 10.2 Å². The van der Waals surface area contributed by atoms with Crippen LogP contribution in [-0.4, -0.2) is 97.8 Å². The molecule has 0 aromatic heterocycles. The zero-order chi connectivity index (χ0) is 25.9. The Balaban J connectivity index is 1.41. The van der Waals surface area contributed by atoms with E-state index in [9.17, 15) is 24.0 Å². The topological polar surface area (TPSA) is 150 Å². The van der Waals surface area contributed by atoms with Crippen molar-refractivity contribution >= 4 is 57.8 Å². The highest BCUT2D eigenvalue weighted by Crippen LogP contribution is 2.32. The first-order valence-electron chi connectivity index (χ1n) is 11.5. The molecule has 2 aliphatic heterocycles. The number of nitrogens with zero attached hydrogens (tertiary/aromatic N) is 1. The van der Waals surface area contributed by atoms with E-state index in [4.69, 9.17) is 18.9 Å². The van der Waals surface area contributed by atoms with Gasteiger partial charge in [0.15, 0.2) is 0 Å². The van der Waals surface area contributed by atoms with Crippen molar-refractivity contribution in [1.29, 1.82) is 0 Å². The quantitative estimate of drug-likeness (QED) is 0.124. The maximum absolute atomic E-state index is 13.0. The molecule has 0 bridgehead atoms. The summed E-state index contributed by atoms with van der Waals surface area (Å²) < 4.78 is 22.2. The summed E-state index contributed by atoms with van der Waals surface area (Å²) in [4.78, 5) is 62.7. The first-order valence-corrected chi connectivity index (χ1v) is 13.0. The molecule has 0 spiro atoms. The minimum atomic E-state index is -1.08. The molecule has 1 fully saturated rings. The van der Waals surface area contributed by atoms with Gasteiger partial charge >= 0.3 is 0 Å². The maximum Gasteiger partial charge on any atom is 0.264 e. The molecule has 1 aromatic carbocycles. The lowest BCUT2D eigenvalue weighted by molar-refractivity contribution is -0.136. The van der Waals surface area contributed by atoms with Crippen molar-refractivity contribution in [3.8, 4) is 0 Å². The van der Waals surface area contributed by atoms with Crippen molar-refractivity contribution in [3.05, 3.63) is 29.3 Å². The van der Waals surface area contributed by atoms with E-state index in [1.54, 1.807) is 0 Å². The Kier molecular flexibility index (Phi) is 11.2. The third kappa shape index (κ3) is 7.52. The minimum Gasteiger partial charge on any atom is -0.378 e. The summed E-state index contributed by atoms with van der Waals surface area (Å²) in [6.45, 7) is 2.73. The second-order valence-corrected chi connectivity index (χ2v) is 8.88. The number of carbonyl (C=O) groups excluding carboxylic acids is 5. The van der Waals surface area contributed by atoms with Gasteiger partial charge < -0.3 is 24.3 Å². The minimum absolute atomic E-state index is 0.00331. The number of hydrogen-bond acceptors (Lipinski definition) is 9. The molecule has 1 unspecified atom stereocenters. The monoisotopic (exact) mass is 617 g/mol. The van der Waals surface area contributed by atoms with Crippen LogP contribution in [0.1, 0.15) is 33.6 Å². The number of amides is 5. The van der Waals surface area contributed by atoms with Gasteiger partial charge in [0.05, 0.1) is 63.1 Å². The number of hydrogen-bond donors (Lipinski definition) is 2. The molecule has 1 saturated heterocycles. The molecule has 13 heteroatoms. The van der Waals surface area contributed by atoms with Crippen molar-refractivity contribution in [2.45, 2.75) is 18.9 Å². The van der Waals surface area contributed by atoms with Crippen LogP contribution in [-0.2, 0) is 33.3 Å². The Morgan fingerprint density at radius 2 is 1.58 bits per heavy atom. The Hall–Kier alpha value is -2.46. The van der Waals surface area contributed by atoms with E-state index in [1.807, 2.05) is 0 Å². The van der Waals surface area contributed by atoms with Crippen LogP contribution in [0.3, 0.4) is 0 Å². The summed E-state index contributed by atoms with van der Waals surface area (Å²) in [6.07, 6.45) is 0.0717. The lowest BCUT2D eigenvalue weighted by atomic mass is 10.0. The molecule has 0 saturated carbocycles. The molecule has 0 aliphatic carbocycles. The first kappa shape index (κ1) is 28.1. The second-order valence-electron chi connectivity index (χ2n) is 7.80. The number of ether oxygens (including phenoxy) is 4. The number of nitrogens with one attached hydrogen (secondary N) is 2. The molecular weight excluding hydrogens is 589 g/mol. The van der Waals surface area contributed by atoms with Gasteiger partial charge in [-0.25, -0.2) is 0 Å². The molecule has 1 aromatic rings. The predicted molar refractivity (Wildman–Crippen MR) is 134 cm³/mol. The fourth-order valence-corrected chi connectivity index (χ4v) is 4.00. The summed E-state index contributed by atoms with van der Waals surface area (Å²) >= 11 is 2.23. The average Bonchev–Trinajstić information content (AvgIpc) is 3.10. The summed E-state index contributed by atoms with van der Waals surface area (Å²) in [5.41, 5.74) is 0.226. The number of alkyl halides is 1. The van der Waals surface area contributed by atoms with Gasteiger partial charge in [-0.05, 0) is 18.6 Å². The number of imide groups is 2. The van der Waals surface area contributed by atoms with Crippen LogP contribution in [0.5, 0.6) is 0 Å². The van der Waals surface area contributed by atoms with E-state index < -0.39 is 35.6 Å². The molecular formula is C23H28IN3O9. The summed E-state index contributed by atoms with van der Waals surface area (Å²) in [6, 6.07) is 3.39. The number of halogens is 1. The van der Waals surface area contributed by atoms with E-state index in [2.05, 4.69) is 33.2 Å². The van der Waals surface area contributed by atoms with Crippen LogP contribution in [0.15, 0.2) is 18.2 Å². The predicted octanol–water partition coefficient (Wildman–Crippen LogP) is 0.528. The van der Waals surface area contributed by atoms with Gasteiger partial charge in [-0.1, -0.05) is 28.7 Å². The molecule has 2 N–H and O–H groups in total. The average molecular weight is 617 g/mol. The number of piperidine rings is 1. The molecule has 196 valence electrons. The van der Waals surface area contributed by atoms with Gasteiger partial charge in [-0.15, -0.1) is 0 Å². The summed E-state index contributed by atoms with van der Waals surface area (Å²) in [5, 5.41) is 4.73. The Morgan fingerprint density at radius 1 is 0.944 bits per heavy atom. The zero-order valence-corrected chi connectivity index (χ0v) is 21.7. The Morgan fingerprint density at radius 3 is 2.22 bits per heavy atom. The highest BCUT2D eigenvalue weighted by molar-refractivity contribution is 14.1. The summed E-state index contributed by atoms with van der Waals surface area (Å²) in [7, 11) is 0. The van der Waals surface area contributed by atoms with E-state index in [0.29, 0.717) is 33.0 Å². The van der Waals surface area contributed by atoms with Crippen molar-refractivity contribution in [2.75, 3.05) is 62.6 Å². The third-order valence-electron chi connectivity index (χ3n) is 5.31. The normalized spacial score (nSPS) is 17.4. The number of carbonyl (C=O) groups is 5. The van der Waals surface area contributed by atoms with Crippen molar-refractivity contribution < 1.29 is 42.9 Å². The van der Waals surface area contributed by atoms with Crippen molar-refractivity contribution in [3.63, 3.8) is 0 Å². The molecule has 36 heavy (non-hydrogen) atoms. The first-order chi connectivity index (χ1) is 17.4. The Labute approximate surface area is 221 Å². The Bertz CT molecular complexity index is 988. The van der Waals surface area contributed by atoms with Crippen LogP contribution >= 0.6 is 22.6 Å². The van der Waals surface area contributed by atoms with Gasteiger partial charge in [-0.3, -0.25) is 34.2 Å². The number of anilines is 1. The SMILES string of the molecule is O=C1CCC(N2C(=O)c3cccc(NC(=O)COCCOCCOCCOCCI)c3C2=O)C(=O)N1. The van der Waals surface area contributed by atoms with Gasteiger partial charge in [0.25, 0.3) is 11.8 Å². The fraction of sp³-hybridized carbons (Fsp3) is 0.522. The van der Waals surface area contributed by atoms with E-state index in [0.717, 1.165) is 9.33 Å². The van der Waals surface area contributed by atoms with Crippen LogP contribution in [0.25, 0.3) is 0 Å². The van der Waals surface area contributed by atoms with Crippen LogP contribution in [0.4, 0.5) is 5.69 Å². The standard InChI is InChI=1S/C23H28IN3O9/c24-6-7-33-8-9-34-10-11-35-12-13-36-14-19(29)25-16-3-1-2-15-20(16)23(32)27(22(15)31)17-4-5-18(28)26-21(17)30/h1-3,17H,4-14H2,(H,25,29)(H,26,28,30). The third-order valence-corrected chi connectivity index (χ3v) is 5.75. The lowest BCUT2D eigenvalue weighted by Gasteiger charge is -2.27. The van der Waals surface area contributed by atoms with Crippen LogP contribution in [0.2, 0.25) is 0 Å². The highest BCUT2D eigenvalue weighted by Gasteiger charge is 2.45. The molecule has 1 atom stereocenters. The van der Waals surface area contributed by atoms with Gasteiger partial charge in [0.2, 0.25) is 17.7 Å². The molecule has 2 aliphatic rings. The lowest BCUT2D eigenvalue weighted by Crippen LogP contribution is -2.54. The number of benzene rings is 1. The fourth-order valence-electron chi connectivity index (χ4n) is 3.68. The van der Waals surface area contributed by atoms with Gasteiger partial charge in [0, 0.05) is 10.8 Å². The zero-order valence-electron chi connectivity index (χ0n) is 19.6. The van der Waals surface area contributed by atoms with Crippen molar-refractivity contribution in [2.24, 2.45) is 0 Å². The molecule has 2 heterocycles. The van der Waals surface area contributed by atoms with E-state index in [1.165, 1.54) is 18.2 Å². The maximum atomic E-state index is 13.0. The molecule has 12 nitrogen and oxygen atoms in total. The molecule has 5 amide bonds. The van der Waals surface area contributed by atoms with E-state index >= 15 is 0 Å². The van der Waals surface area contributed by atoms with E-state index in [-0.39, 0.29) is 49.5 Å². The number of fused-ring (bicyclic) bond motifs is 1. The number of rotatable bonds is 15. The highest BCUT2D eigenvalue weighted by atomic mass is 127. The van der Waals surface area contributed by atoms with Crippen LogP contribution < -0.4 is 10.6 Å². The molecule has 0 radical (unpaired) electrons. The van der Waals surface area contributed by atoms with Gasteiger partial charge in [0.1, 0.15) is 12.6 Å². The summed E-state index contributed by atoms with van der Waals surface area (Å²) in [5.74, 6) is -3.01. The largest absolute Gasteiger partial charge is 0.378 e. The smallest absolute Gasteiger partial charge is 0.264 e. The second kappa shape index (κ2) is 14.3. The van der Waals surface area contributed by atoms with Crippen LogP contribution in [0, 0.1) is 0 Å². The molecule has 3 rings (SSSR count).